The number of quaternary nitrogens is 1. The summed E-state index contributed by atoms with van der Waals surface area (Å²) >= 11 is 12.0. The third kappa shape index (κ3) is 8.05. The molecule has 0 aromatic heterocycles. The van der Waals surface area contributed by atoms with Crippen molar-refractivity contribution in [1.29, 1.82) is 0 Å². The molecule has 0 bridgehead atoms. The summed E-state index contributed by atoms with van der Waals surface area (Å²) in [6.45, 7) is 7.32. The van der Waals surface area contributed by atoms with Gasteiger partial charge in [0.05, 0.1) is 35.5 Å². The highest BCUT2D eigenvalue weighted by Crippen LogP contribution is 2.29. The third-order valence-electron chi connectivity index (χ3n) is 4.52. The molecule has 150 valence electrons. The minimum Gasteiger partial charge on any atom is -0.370 e. The van der Waals surface area contributed by atoms with Crippen molar-refractivity contribution in [3.05, 3.63) is 28.2 Å². The number of anilines is 1. The standard InChI is InChI=1S/C19H27Cl2N3O3/c1-14(13-18(26)23-16-5-2-4-15(20)19(16)21)12-17(25)22-6-3-7-24-8-10-27-11-9-24/h2,4-5,14H,3,6-13H2,1H3,(H,22,25)(H,23,26)/p+1/t14-/m0/s1. The van der Waals surface area contributed by atoms with Gasteiger partial charge in [-0.2, -0.15) is 0 Å². The highest BCUT2D eigenvalue weighted by Gasteiger charge is 2.16. The summed E-state index contributed by atoms with van der Waals surface area (Å²) in [7, 11) is 0. The summed E-state index contributed by atoms with van der Waals surface area (Å²) in [5.41, 5.74) is 0.483. The summed E-state index contributed by atoms with van der Waals surface area (Å²) in [5, 5.41) is 6.39. The Balaban J connectivity index is 1.62. The number of nitrogens with one attached hydrogen (secondary N) is 3. The van der Waals surface area contributed by atoms with E-state index in [0.29, 0.717) is 28.7 Å². The largest absolute Gasteiger partial charge is 0.370 e. The molecule has 0 aliphatic carbocycles. The number of ether oxygens (including phenoxy) is 1. The molecule has 1 aromatic rings. The Morgan fingerprint density at radius 1 is 1.19 bits per heavy atom. The van der Waals surface area contributed by atoms with E-state index in [4.69, 9.17) is 27.9 Å². The van der Waals surface area contributed by atoms with E-state index in [1.807, 2.05) is 6.92 Å². The third-order valence-corrected chi connectivity index (χ3v) is 5.34. The fourth-order valence-corrected chi connectivity index (χ4v) is 3.40. The first-order valence-corrected chi connectivity index (χ1v) is 10.1. The minimum absolute atomic E-state index is 0.0203. The summed E-state index contributed by atoms with van der Waals surface area (Å²) in [6.07, 6.45) is 1.51. The van der Waals surface area contributed by atoms with Crippen LogP contribution < -0.4 is 15.5 Å². The van der Waals surface area contributed by atoms with Gasteiger partial charge in [-0.3, -0.25) is 9.59 Å². The SMILES string of the molecule is C[C@@H](CC(=O)NCCC[NH+]1CCOCC1)CC(=O)Nc1cccc(Cl)c1Cl. The number of amides is 2. The van der Waals surface area contributed by atoms with Crippen molar-refractivity contribution >= 4 is 40.7 Å². The molecule has 0 radical (unpaired) electrons. The van der Waals surface area contributed by atoms with Gasteiger partial charge in [-0.05, 0) is 18.1 Å². The predicted molar refractivity (Wildman–Crippen MR) is 107 cm³/mol. The molecule has 6 nitrogen and oxygen atoms in total. The quantitative estimate of drug-likeness (QED) is 0.537. The van der Waals surface area contributed by atoms with Gasteiger partial charge in [-0.15, -0.1) is 0 Å². The Morgan fingerprint density at radius 3 is 2.63 bits per heavy atom. The lowest BCUT2D eigenvalue weighted by molar-refractivity contribution is -0.908. The number of rotatable bonds is 9. The topological polar surface area (TPSA) is 71.9 Å². The second-order valence-corrected chi connectivity index (χ2v) is 7.76. The van der Waals surface area contributed by atoms with Crippen LogP contribution in [-0.2, 0) is 14.3 Å². The Bertz CT molecular complexity index is 637. The van der Waals surface area contributed by atoms with E-state index >= 15 is 0 Å². The van der Waals surface area contributed by atoms with Crippen LogP contribution >= 0.6 is 23.2 Å². The maximum absolute atomic E-state index is 12.1. The maximum atomic E-state index is 12.1. The fourth-order valence-electron chi connectivity index (χ4n) is 3.06. The van der Waals surface area contributed by atoms with E-state index in [-0.39, 0.29) is 24.2 Å². The zero-order valence-corrected chi connectivity index (χ0v) is 17.2. The molecule has 1 aliphatic rings. The van der Waals surface area contributed by atoms with Crippen LogP contribution in [0.2, 0.25) is 10.0 Å². The van der Waals surface area contributed by atoms with E-state index in [1.54, 1.807) is 18.2 Å². The highest BCUT2D eigenvalue weighted by molar-refractivity contribution is 6.43. The van der Waals surface area contributed by atoms with E-state index in [2.05, 4.69) is 10.6 Å². The van der Waals surface area contributed by atoms with Gasteiger partial charge < -0.3 is 20.3 Å². The zero-order valence-electron chi connectivity index (χ0n) is 15.7. The maximum Gasteiger partial charge on any atom is 0.224 e. The molecule has 2 amide bonds. The van der Waals surface area contributed by atoms with Crippen molar-refractivity contribution < 1.29 is 19.2 Å². The van der Waals surface area contributed by atoms with Crippen LogP contribution in [0.3, 0.4) is 0 Å². The van der Waals surface area contributed by atoms with E-state index < -0.39 is 0 Å². The van der Waals surface area contributed by atoms with Crippen LogP contribution in [0.1, 0.15) is 26.2 Å². The molecular weight excluding hydrogens is 389 g/mol. The van der Waals surface area contributed by atoms with Crippen molar-refractivity contribution in [3.63, 3.8) is 0 Å². The summed E-state index contributed by atoms with van der Waals surface area (Å²) in [5.74, 6) is -0.267. The lowest BCUT2D eigenvalue weighted by Crippen LogP contribution is -3.14. The molecule has 0 spiro atoms. The number of carbonyl (C=O) groups excluding carboxylic acids is 2. The Morgan fingerprint density at radius 2 is 1.89 bits per heavy atom. The zero-order chi connectivity index (χ0) is 19.6. The number of halogens is 2. The van der Waals surface area contributed by atoms with E-state index in [1.165, 1.54) is 4.90 Å². The summed E-state index contributed by atoms with van der Waals surface area (Å²) in [6, 6.07) is 5.08. The molecule has 1 atom stereocenters. The van der Waals surface area contributed by atoms with Crippen molar-refractivity contribution in [2.45, 2.75) is 26.2 Å². The van der Waals surface area contributed by atoms with E-state index in [0.717, 1.165) is 39.3 Å². The molecule has 2 rings (SSSR count). The molecule has 8 heteroatoms. The highest BCUT2D eigenvalue weighted by atomic mass is 35.5. The van der Waals surface area contributed by atoms with Crippen molar-refractivity contribution in [2.75, 3.05) is 44.7 Å². The lowest BCUT2D eigenvalue weighted by Gasteiger charge is -2.23. The molecule has 0 saturated carbocycles. The number of benzene rings is 1. The average molecular weight is 417 g/mol. The molecule has 1 fully saturated rings. The van der Waals surface area contributed by atoms with Gasteiger partial charge in [0.1, 0.15) is 13.1 Å². The van der Waals surface area contributed by atoms with Crippen LogP contribution in [-0.4, -0.2) is 51.2 Å². The molecular formula is C19H28Cl2N3O3+. The molecule has 0 unspecified atom stereocenters. The van der Waals surface area contributed by atoms with Crippen LogP contribution in [0.4, 0.5) is 5.69 Å². The van der Waals surface area contributed by atoms with Crippen LogP contribution in [0.25, 0.3) is 0 Å². The Hall–Kier alpha value is -1.34. The van der Waals surface area contributed by atoms with Gasteiger partial charge in [0.25, 0.3) is 0 Å². The summed E-state index contributed by atoms with van der Waals surface area (Å²) in [4.78, 5) is 25.7. The smallest absolute Gasteiger partial charge is 0.224 e. The summed E-state index contributed by atoms with van der Waals surface area (Å²) < 4.78 is 5.33. The van der Waals surface area contributed by atoms with Gasteiger partial charge in [-0.25, -0.2) is 0 Å². The molecule has 1 aromatic carbocycles. The molecule has 3 N–H and O–H groups in total. The lowest BCUT2D eigenvalue weighted by atomic mass is 10.0. The van der Waals surface area contributed by atoms with Gasteiger partial charge >= 0.3 is 0 Å². The van der Waals surface area contributed by atoms with Gasteiger partial charge in [0.15, 0.2) is 0 Å². The predicted octanol–water partition coefficient (Wildman–Crippen LogP) is 1.77. The molecule has 1 heterocycles. The Kier molecular flexibility index (Phi) is 9.34. The minimum atomic E-state index is -0.185. The monoisotopic (exact) mass is 416 g/mol. The van der Waals surface area contributed by atoms with Crippen molar-refractivity contribution in [1.82, 2.24) is 5.32 Å². The number of carbonyl (C=O) groups is 2. The fraction of sp³-hybridized carbons (Fsp3) is 0.579. The number of hydrogen-bond acceptors (Lipinski definition) is 3. The molecule has 1 aliphatic heterocycles. The second-order valence-electron chi connectivity index (χ2n) is 6.98. The van der Waals surface area contributed by atoms with Crippen molar-refractivity contribution in [3.8, 4) is 0 Å². The first-order chi connectivity index (χ1) is 13.0. The van der Waals surface area contributed by atoms with Gasteiger partial charge in [0, 0.05) is 25.8 Å². The number of morpholine rings is 1. The molecule has 1 saturated heterocycles. The second kappa shape index (κ2) is 11.5. The van der Waals surface area contributed by atoms with E-state index in [9.17, 15) is 9.59 Å². The van der Waals surface area contributed by atoms with Crippen molar-refractivity contribution in [2.24, 2.45) is 5.92 Å². The van der Waals surface area contributed by atoms with Crippen LogP contribution in [0.15, 0.2) is 18.2 Å². The Labute approximate surface area is 170 Å². The van der Waals surface area contributed by atoms with Crippen LogP contribution in [0.5, 0.6) is 0 Å². The average Bonchev–Trinajstić information content (AvgIpc) is 2.63. The van der Waals surface area contributed by atoms with Gasteiger partial charge in [-0.1, -0.05) is 36.2 Å². The van der Waals surface area contributed by atoms with Crippen LogP contribution in [0, 0.1) is 5.92 Å². The van der Waals surface area contributed by atoms with Gasteiger partial charge in [0.2, 0.25) is 11.8 Å². The molecule has 27 heavy (non-hydrogen) atoms. The normalized spacial score (nSPS) is 16.0. The first-order valence-electron chi connectivity index (χ1n) is 9.37. The first kappa shape index (κ1) is 22.0. The number of hydrogen-bond donors (Lipinski definition) is 3.